The van der Waals surface area contributed by atoms with E-state index in [9.17, 15) is 0 Å². The van der Waals surface area contributed by atoms with Crippen LogP contribution >= 0.6 is 12.2 Å². The van der Waals surface area contributed by atoms with Crippen LogP contribution in [-0.4, -0.2) is 11.5 Å². The van der Waals surface area contributed by atoms with Crippen LogP contribution in [0.4, 0.5) is 0 Å². The maximum atomic E-state index is 6.21. The molecule has 0 fully saturated rings. The number of unbranched alkanes of at least 4 members (excludes halogenated alkanes) is 7. The van der Waals surface area contributed by atoms with Gasteiger partial charge >= 0.3 is 0 Å². The van der Waals surface area contributed by atoms with Crippen LogP contribution in [0, 0.1) is 0 Å². The van der Waals surface area contributed by atoms with Crippen LogP contribution in [0.1, 0.15) is 88.3 Å². The predicted octanol–water partition coefficient (Wildman–Crippen LogP) is 8.59. The lowest BCUT2D eigenvalue weighted by molar-refractivity contribution is 0.303. The molecule has 162 valence electrons. The maximum absolute atomic E-state index is 6.21. The highest BCUT2D eigenvalue weighted by Crippen LogP contribution is 2.24. The van der Waals surface area contributed by atoms with E-state index in [0.717, 1.165) is 47.6 Å². The Morgan fingerprint density at radius 3 is 2.23 bits per heavy atom. The molecule has 0 heterocycles. The zero-order valence-corrected chi connectivity index (χ0v) is 19.7. The van der Waals surface area contributed by atoms with Crippen molar-refractivity contribution in [2.24, 2.45) is 0 Å². The van der Waals surface area contributed by atoms with Gasteiger partial charge in [-0.1, -0.05) is 120 Å². The van der Waals surface area contributed by atoms with Crippen molar-refractivity contribution in [1.82, 2.24) is 0 Å². The quantitative estimate of drug-likeness (QED) is 0.123. The molecule has 0 aliphatic heterocycles. The lowest BCUT2D eigenvalue weighted by atomic mass is 10.0. The number of ether oxygens (including phenoxy) is 1. The first kappa shape index (κ1) is 24.3. The normalized spacial score (nSPS) is 11.1. The molecule has 0 radical (unpaired) electrons. The van der Waals surface area contributed by atoms with Gasteiger partial charge in [-0.15, -0.1) is 0 Å². The molecule has 0 saturated carbocycles. The number of aryl methyl sites for hydroxylation is 1. The number of hydrogen-bond acceptors (Lipinski definition) is 2. The van der Waals surface area contributed by atoms with Gasteiger partial charge in [-0.05, 0) is 42.2 Å². The molecule has 2 aromatic rings. The van der Waals surface area contributed by atoms with Crippen molar-refractivity contribution in [3.63, 3.8) is 0 Å². The van der Waals surface area contributed by atoms with Crippen molar-refractivity contribution in [2.45, 2.75) is 78.1 Å². The Kier molecular flexibility index (Phi) is 12.1. The molecule has 2 aromatic carbocycles. The van der Waals surface area contributed by atoms with Crippen molar-refractivity contribution in [1.29, 1.82) is 0 Å². The van der Waals surface area contributed by atoms with Gasteiger partial charge in [-0.25, -0.2) is 0 Å². The summed E-state index contributed by atoms with van der Waals surface area (Å²) >= 11 is 5.58. The summed E-state index contributed by atoms with van der Waals surface area (Å²) in [6.45, 7) is 5.27. The predicted molar refractivity (Wildman–Crippen MR) is 136 cm³/mol. The number of hydrogen-bond donors (Lipinski definition) is 0. The van der Waals surface area contributed by atoms with E-state index < -0.39 is 0 Å². The van der Waals surface area contributed by atoms with Crippen molar-refractivity contribution in [3.8, 4) is 5.75 Å². The van der Waals surface area contributed by atoms with Crippen LogP contribution in [0.5, 0.6) is 5.75 Å². The Morgan fingerprint density at radius 1 is 0.833 bits per heavy atom. The van der Waals surface area contributed by atoms with Crippen LogP contribution in [-0.2, 0) is 6.42 Å². The minimum atomic E-state index is 0.786. The Hall–Kier alpha value is -1.93. The van der Waals surface area contributed by atoms with Crippen molar-refractivity contribution < 1.29 is 4.74 Å². The molecule has 0 aliphatic carbocycles. The van der Waals surface area contributed by atoms with E-state index in [1.807, 2.05) is 24.3 Å². The first-order chi connectivity index (χ1) is 14.7. The fourth-order valence-corrected chi connectivity index (χ4v) is 3.77. The molecule has 0 aromatic heterocycles. The Bertz CT molecular complexity index is 763. The van der Waals surface area contributed by atoms with E-state index in [1.54, 1.807) is 0 Å². The van der Waals surface area contributed by atoms with Gasteiger partial charge in [0.05, 0.1) is 6.61 Å². The number of rotatable bonds is 15. The summed E-state index contributed by atoms with van der Waals surface area (Å²) < 4.78 is 6.21. The Morgan fingerprint density at radius 2 is 1.53 bits per heavy atom. The fourth-order valence-electron chi connectivity index (χ4n) is 3.57. The summed E-state index contributed by atoms with van der Waals surface area (Å²) in [5.74, 6) is 0.982. The van der Waals surface area contributed by atoms with Crippen molar-refractivity contribution in [2.75, 3.05) is 6.61 Å². The molecule has 1 nitrogen and oxygen atoms in total. The summed E-state index contributed by atoms with van der Waals surface area (Å²) in [7, 11) is 0. The number of allylic oxidation sites excluding steroid dienone is 1. The molecule has 0 spiro atoms. The monoisotopic (exact) mass is 422 g/mol. The van der Waals surface area contributed by atoms with E-state index in [2.05, 4.69) is 50.3 Å². The first-order valence-corrected chi connectivity index (χ1v) is 12.2. The van der Waals surface area contributed by atoms with E-state index in [4.69, 9.17) is 17.0 Å². The van der Waals surface area contributed by atoms with Gasteiger partial charge < -0.3 is 4.74 Å². The van der Waals surface area contributed by atoms with Crippen molar-refractivity contribution in [3.05, 3.63) is 71.3 Å². The summed E-state index contributed by atoms with van der Waals surface area (Å²) in [4.78, 5) is 0.849. The van der Waals surface area contributed by atoms with Crippen LogP contribution in [0.3, 0.4) is 0 Å². The molecular formula is C28H38OS. The molecule has 2 rings (SSSR count). The molecular weight excluding hydrogens is 384 g/mol. The molecule has 0 amide bonds. The second-order valence-electron chi connectivity index (χ2n) is 8.01. The topological polar surface area (TPSA) is 9.23 Å². The van der Waals surface area contributed by atoms with Gasteiger partial charge in [0.1, 0.15) is 5.75 Å². The minimum Gasteiger partial charge on any atom is -0.493 e. The summed E-state index contributed by atoms with van der Waals surface area (Å²) in [5, 5.41) is 0. The number of thiocarbonyl (C=S) groups is 1. The van der Waals surface area contributed by atoms with Gasteiger partial charge in [-0.3, -0.25) is 0 Å². The summed E-state index contributed by atoms with van der Waals surface area (Å²) in [6, 6.07) is 16.7. The maximum Gasteiger partial charge on any atom is 0.126 e. The molecule has 0 unspecified atom stereocenters. The Labute approximate surface area is 189 Å². The van der Waals surface area contributed by atoms with E-state index in [-0.39, 0.29) is 0 Å². The van der Waals surface area contributed by atoms with E-state index >= 15 is 0 Å². The second kappa shape index (κ2) is 15.0. The third-order valence-corrected chi connectivity index (χ3v) is 5.72. The highest BCUT2D eigenvalue weighted by molar-refractivity contribution is 7.81. The largest absolute Gasteiger partial charge is 0.493 e. The van der Waals surface area contributed by atoms with Crippen molar-refractivity contribution >= 4 is 23.2 Å². The third-order valence-electron chi connectivity index (χ3n) is 5.34. The van der Waals surface area contributed by atoms with Crippen LogP contribution in [0.15, 0.2) is 54.6 Å². The van der Waals surface area contributed by atoms with E-state index in [0.29, 0.717) is 0 Å². The molecule has 2 heteroatoms. The van der Waals surface area contributed by atoms with Gasteiger partial charge in [0.25, 0.3) is 0 Å². The molecule has 0 atom stereocenters. The third kappa shape index (κ3) is 9.26. The summed E-state index contributed by atoms with van der Waals surface area (Å²) in [6.07, 6.45) is 16.8. The van der Waals surface area contributed by atoms with Crippen LogP contribution in [0.25, 0.3) is 6.08 Å². The zero-order chi connectivity index (χ0) is 21.4. The summed E-state index contributed by atoms with van der Waals surface area (Å²) in [5.41, 5.74) is 3.52. The number of benzene rings is 2. The molecule has 30 heavy (non-hydrogen) atoms. The van der Waals surface area contributed by atoms with Gasteiger partial charge in [0.2, 0.25) is 0 Å². The average molecular weight is 423 g/mol. The molecule has 0 saturated heterocycles. The molecule has 0 aliphatic rings. The van der Waals surface area contributed by atoms with Crippen LogP contribution in [0.2, 0.25) is 0 Å². The van der Waals surface area contributed by atoms with Gasteiger partial charge in [-0.2, -0.15) is 0 Å². The fraction of sp³-hybridized carbons (Fsp3) is 0.464. The molecule has 0 bridgehead atoms. The SMILES string of the molecule is CCCCCCCCCCOc1cc(CCC)ccc1C=CC(=S)c1ccccc1. The highest BCUT2D eigenvalue weighted by atomic mass is 32.1. The highest BCUT2D eigenvalue weighted by Gasteiger charge is 2.05. The van der Waals surface area contributed by atoms with Gasteiger partial charge in [0.15, 0.2) is 0 Å². The van der Waals surface area contributed by atoms with Gasteiger partial charge in [0, 0.05) is 10.4 Å². The standard InChI is InChI=1S/C28H38OS/c1-3-5-6-7-8-9-10-14-22-29-27-23-24(15-4-2)18-19-25(27)20-21-28(30)26-16-12-11-13-17-26/h11-13,16-21,23H,3-10,14-15,22H2,1-2H3. The minimum absolute atomic E-state index is 0.786. The zero-order valence-electron chi connectivity index (χ0n) is 18.9. The lowest BCUT2D eigenvalue weighted by Gasteiger charge is -2.12. The second-order valence-corrected chi connectivity index (χ2v) is 8.45. The lowest BCUT2D eigenvalue weighted by Crippen LogP contribution is -2.00. The first-order valence-electron chi connectivity index (χ1n) is 11.8. The Balaban J connectivity index is 1.89. The molecule has 0 N–H and O–H groups in total. The van der Waals surface area contributed by atoms with Crippen LogP contribution < -0.4 is 4.74 Å². The smallest absolute Gasteiger partial charge is 0.126 e. The van der Waals surface area contributed by atoms with E-state index in [1.165, 1.54) is 50.5 Å². The average Bonchev–Trinajstić information content (AvgIpc) is 2.78.